The fourth-order valence-electron chi connectivity index (χ4n) is 3.46. The Morgan fingerprint density at radius 3 is 2.71 bits per heavy atom. The van der Waals surface area contributed by atoms with Gasteiger partial charge < -0.3 is 15.4 Å². The summed E-state index contributed by atoms with van der Waals surface area (Å²) in [6.45, 7) is 3.43. The quantitative estimate of drug-likeness (QED) is 0.737. The Bertz CT molecular complexity index is 896. The summed E-state index contributed by atoms with van der Waals surface area (Å²) in [4.78, 5) is 23.1. The van der Waals surface area contributed by atoms with Gasteiger partial charge in [0.15, 0.2) is 0 Å². The van der Waals surface area contributed by atoms with Gasteiger partial charge in [-0.15, -0.1) is 0 Å². The summed E-state index contributed by atoms with van der Waals surface area (Å²) in [5.41, 5.74) is 0.148. The third-order valence-corrected chi connectivity index (χ3v) is 5.31. The first-order valence-electron chi connectivity index (χ1n) is 9.14. The number of anilines is 1. The van der Waals surface area contributed by atoms with E-state index in [0.717, 1.165) is 0 Å². The second-order valence-corrected chi connectivity index (χ2v) is 7.47. The molecule has 0 aromatic carbocycles. The number of hydrogen-bond acceptors (Lipinski definition) is 5. The number of halogens is 3. The summed E-state index contributed by atoms with van der Waals surface area (Å²) < 4.78 is 38.9. The van der Waals surface area contributed by atoms with E-state index >= 15 is 0 Å². The molecular weight excluding hydrogens is 373 g/mol. The Kier molecular flexibility index (Phi) is 5.47. The molecule has 0 radical (unpaired) electrons. The van der Waals surface area contributed by atoms with Crippen LogP contribution in [0.3, 0.4) is 0 Å². The molecular formula is C19H23F3N4O2. The zero-order chi connectivity index (χ0) is 20.5. The van der Waals surface area contributed by atoms with Gasteiger partial charge in [-0.05, 0) is 51.7 Å². The smallest absolute Gasteiger partial charge is 0.388 e. The van der Waals surface area contributed by atoms with E-state index < -0.39 is 17.7 Å². The van der Waals surface area contributed by atoms with Gasteiger partial charge in [-0.2, -0.15) is 13.2 Å². The van der Waals surface area contributed by atoms with Crippen LogP contribution in [0.15, 0.2) is 23.1 Å². The summed E-state index contributed by atoms with van der Waals surface area (Å²) >= 11 is 0. The van der Waals surface area contributed by atoms with Crippen molar-refractivity contribution in [3.05, 3.63) is 39.9 Å². The van der Waals surface area contributed by atoms with Gasteiger partial charge in [0.2, 0.25) is 0 Å². The highest BCUT2D eigenvalue weighted by molar-refractivity contribution is 5.56. The van der Waals surface area contributed by atoms with Crippen molar-refractivity contribution in [1.82, 2.24) is 15.0 Å². The SMILES string of the molecule is Cc1nc(-c2ccc(NCC3(O)CCCC(C(F)(F)F)C3)nc2)[nH]c(=O)c1C. The first-order valence-corrected chi connectivity index (χ1v) is 9.14. The maximum atomic E-state index is 13.0. The number of aryl methyl sites for hydroxylation is 1. The fourth-order valence-corrected chi connectivity index (χ4v) is 3.46. The molecule has 152 valence electrons. The van der Waals surface area contributed by atoms with Crippen molar-refractivity contribution in [2.45, 2.75) is 51.3 Å². The van der Waals surface area contributed by atoms with Crippen LogP contribution in [0.1, 0.15) is 36.9 Å². The average molecular weight is 396 g/mol. The van der Waals surface area contributed by atoms with Gasteiger partial charge in [0.25, 0.3) is 5.56 Å². The molecule has 2 aromatic rings. The van der Waals surface area contributed by atoms with E-state index in [1.165, 1.54) is 6.20 Å². The second-order valence-electron chi connectivity index (χ2n) is 7.47. The monoisotopic (exact) mass is 396 g/mol. The molecule has 3 rings (SSSR count). The van der Waals surface area contributed by atoms with E-state index in [9.17, 15) is 23.1 Å². The average Bonchev–Trinajstić information content (AvgIpc) is 2.64. The first kappa shape index (κ1) is 20.3. The molecule has 0 bridgehead atoms. The Morgan fingerprint density at radius 1 is 1.36 bits per heavy atom. The van der Waals surface area contributed by atoms with Gasteiger partial charge in [-0.3, -0.25) is 4.79 Å². The van der Waals surface area contributed by atoms with Crippen molar-refractivity contribution < 1.29 is 18.3 Å². The Labute approximate surface area is 160 Å². The van der Waals surface area contributed by atoms with E-state index in [4.69, 9.17) is 0 Å². The lowest BCUT2D eigenvalue weighted by Gasteiger charge is -2.37. The summed E-state index contributed by atoms with van der Waals surface area (Å²) in [7, 11) is 0. The van der Waals surface area contributed by atoms with Crippen LogP contribution in [0, 0.1) is 19.8 Å². The van der Waals surface area contributed by atoms with Gasteiger partial charge in [0.05, 0.1) is 11.5 Å². The van der Waals surface area contributed by atoms with E-state index in [1.54, 1.807) is 26.0 Å². The van der Waals surface area contributed by atoms with E-state index in [0.29, 0.717) is 41.3 Å². The topological polar surface area (TPSA) is 90.9 Å². The van der Waals surface area contributed by atoms with E-state index in [1.807, 2.05) is 0 Å². The Balaban J connectivity index is 1.67. The Morgan fingerprint density at radius 2 is 2.11 bits per heavy atom. The van der Waals surface area contributed by atoms with Crippen molar-refractivity contribution in [1.29, 1.82) is 0 Å². The molecule has 3 N–H and O–H groups in total. The van der Waals surface area contributed by atoms with Gasteiger partial charge in [-0.1, -0.05) is 0 Å². The zero-order valence-electron chi connectivity index (χ0n) is 15.7. The highest BCUT2D eigenvalue weighted by Crippen LogP contribution is 2.41. The van der Waals surface area contributed by atoms with E-state index in [2.05, 4.69) is 20.3 Å². The van der Waals surface area contributed by atoms with Crippen LogP contribution in [-0.4, -0.2) is 38.4 Å². The number of aliphatic hydroxyl groups is 1. The highest BCUT2D eigenvalue weighted by atomic mass is 19.4. The molecule has 0 saturated heterocycles. The molecule has 0 spiro atoms. The second kappa shape index (κ2) is 7.54. The van der Waals surface area contributed by atoms with Crippen molar-refractivity contribution in [2.75, 3.05) is 11.9 Å². The highest BCUT2D eigenvalue weighted by Gasteiger charge is 2.46. The molecule has 0 amide bonds. The number of alkyl halides is 3. The number of rotatable bonds is 4. The summed E-state index contributed by atoms with van der Waals surface area (Å²) in [6.07, 6.45) is -2.38. The third-order valence-electron chi connectivity index (χ3n) is 5.31. The van der Waals surface area contributed by atoms with Crippen molar-refractivity contribution in [3.63, 3.8) is 0 Å². The molecule has 1 aliphatic rings. The number of H-pyrrole nitrogens is 1. The van der Waals surface area contributed by atoms with Crippen molar-refractivity contribution in [2.24, 2.45) is 5.92 Å². The van der Waals surface area contributed by atoms with Crippen LogP contribution in [0.2, 0.25) is 0 Å². The molecule has 1 saturated carbocycles. The number of pyridine rings is 1. The number of hydrogen-bond donors (Lipinski definition) is 3. The van der Waals surface area contributed by atoms with Crippen LogP contribution in [0.25, 0.3) is 11.4 Å². The van der Waals surface area contributed by atoms with Crippen molar-refractivity contribution >= 4 is 5.82 Å². The predicted octanol–water partition coefficient (Wildman–Crippen LogP) is 3.34. The normalized spacial score (nSPS) is 22.9. The summed E-state index contributed by atoms with van der Waals surface area (Å²) in [6, 6.07) is 3.34. The summed E-state index contributed by atoms with van der Waals surface area (Å²) in [5, 5.41) is 13.5. The van der Waals surface area contributed by atoms with Crippen LogP contribution >= 0.6 is 0 Å². The lowest BCUT2D eigenvalue weighted by Crippen LogP contribution is -2.45. The maximum absolute atomic E-state index is 13.0. The maximum Gasteiger partial charge on any atom is 0.391 e. The van der Waals surface area contributed by atoms with Gasteiger partial charge in [-0.25, -0.2) is 9.97 Å². The first-order chi connectivity index (χ1) is 13.1. The lowest BCUT2D eigenvalue weighted by atomic mass is 9.77. The molecule has 9 heteroatoms. The number of aromatic nitrogens is 3. The molecule has 2 heterocycles. The summed E-state index contributed by atoms with van der Waals surface area (Å²) in [5.74, 6) is -0.653. The van der Waals surface area contributed by atoms with Gasteiger partial charge >= 0.3 is 6.18 Å². The molecule has 1 aliphatic carbocycles. The Hall–Kier alpha value is -2.42. The minimum absolute atomic E-state index is 0.00928. The van der Waals surface area contributed by atoms with E-state index in [-0.39, 0.29) is 24.9 Å². The minimum Gasteiger partial charge on any atom is -0.388 e. The molecule has 1 fully saturated rings. The molecule has 2 unspecified atom stereocenters. The largest absolute Gasteiger partial charge is 0.391 e. The fraction of sp³-hybridized carbons (Fsp3) is 0.526. The molecule has 2 atom stereocenters. The van der Waals surface area contributed by atoms with Gasteiger partial charge in [0.1, 0.15) is 11.6 Å². The van der Waals surface area contributed by atoms with Crippen LogP contribution in [0.4, 0.5) is 19.0 Å². The molecule has 28 heavy (non-hydrogen) atoms. The third kappa shape index (κ3) is 4.52. The zero-order valence-corrected chi connectivity index (χ0v) is 15.7. The molecule has 2 aromatic heterocycles. The number of nitrogens with zero attached hydrogens (tertiary/aromatic N) is 2. The van der Waals surface area contributed by atoms with Crippen LogP contribution in [-0.2, 0) is 0 Å². The van der Waals surface area contributed by atoms with Crippen LogP contribution < -0.4 is 10.9 Å². The molecule has 0 aliphatic heterocycles. The van der Waals surface area contributed by atoms with Crippen molar-refractivity contribution in [3.8, 4) is 11.4 Å². The number of aromatic amines is 1. The molecule has 6 nitrogen and oxygen atoms in total. The number of nitrogens with one attached hydrogen (secondary N) is 2. The standard InChI is InChI=1S/C19H23F3N4O2/c1-11-12(2)25-16(26-17(11)27)13-5-6-15(23-9-13)24-10-18(28)7-3-4-14(8-18)19(20,21)22/h5-6,9,14,28H,3-4,7-8,10H2,1-2H3,(H,23,24)(H,25,26,27). The van der Waals surface area contributed by atoms with Crippen LogP contribution in [0.5, 0.6) is 0 Å². The van der Waals surface area contributed by atoms with Gasteiger partial charge in [0, 0.05) is 29.6 Å². The minimum atomic E-state index is -4.29. The predicted molar refractivity (Wildman–Crippen MR) is 99.0 cm³/mol. The lowest BCUT2D eigenvalue weighted by molar-refractivity contribution is -0.199.